The molecule has 0 atom stereocenters. The average molecular weight is 340 g/mol. The molecule has 0 radical (unpaired) electrons. The molecule has 0 spiro atoms. The summed E-state index contributed by atoms with van der Waals surface area (Å²) in [5, 5.41) is 0. The summed E-state index contributed by atoms with van der Waals surface area (Å²) in [4.78, 5) is 0. The molecular formula is C13H20GeZr. The van der Waals surface area contributed by atoms with E-state index in [0.717, 1.165) is 12.8 Å². The minimum absolute atomic E-state index is 0. The third-order valence-electron chi connectivity index (χ3n) is 2.09. The van der Waals surface area contributed by atoms with Gasteiger partial charge in [-0.1, -0.05) is 0 Å². The van der Waals surface area contributed by atoms with E-state index in [-0.39, 0.29) is 29.1 Å². The summed E-state index contributed by atoms with van der Waals surface area (Å²) in [6.07, 6.45) is 18.9. The van der Waals surface area contributed by atoms with Gasteiger partial charge in [-0.05, 0) is 0 Å². The zero-order chi connectivity index (χ0) is 10.4. The Hall–Kier alpha value is 0.386. The summed E-state index contributed by atoms with van der Waals surface area (Å²) in [6.45, 7) is 0. The van der Waals surface area contributed by atoms with E-state index in [1.165, 1.54) is 4.41 Å². The van der Waals surface area contributed by atoms with Crippen LogP contribution in [0.5, 0.6) is 0 Å². The van der Waals surface area contributed by atoms with Crippen molar-refractivity contribution in [3.05, 3.63) is 46.9 Å². The maximum absolute atomic E-state index is 3.39. The average Bonchev–Trinajstić information content (AvgIpc) is 2.80. The van der Waals surface area contributed by atoms with Crippen molar-refractivity contribution in [2.24, 2.45) is 0 Å². The van der Waals surface area contributed by atoms with Gasteiger partial charge in [-0.2, -0.15) is 6.08 Å². The van der Waals surface area contributed by atoms with Crippen LogP contribution < -0.4 is 0 Å². The molecule has 0 N–H and O–H groups in total. The third-order valence-corrected chi connectivity index (χ3v) is 6.20. The molecule has 0 aromatic carbocycles. The Morgan fingerprint density at radius 3 is 2.13 bits per heavy atom. The Balaban J connectivity index is -0.000000216. The van der Waals surface area contributed by atoms with E-state index in [2.05, 4.69) is 47.6 Å². The summed E-state index contributed by atoms with van der Waals surface area (Å²) in [7, 11) is 0. The number of allylic oxidation sites excluding steroid dienone is 8. The third kappa shape index (κ3) is 6.53. The molecule has 0 fully saturated rings. The molecular weight excluding hydrogens is 320 g/mol. The van der Waals surface area contributed by atoms with E-state index < -0.39 is 13.3 Å². The SMILES string of the molecule is [C-]1=CC=CC1.[CH3][Ge]([CH3])([CH3])[C]1=[C-]CC=C1.[H-].[H-].[Zr+4]. The van der Waals surface area contributed by atoms with Crippen molar-refractivity contribution < 1.29 is 29.1 Å². The van der Waals surface area contributed by atoms with Gasteiger partial charge in [0.2, 0.25) is 0 Å². The standard InChI is InChI=1S/C8H13Ge.C5H5.Zr.2H/c1-9(2,3)8-6-4-5-7-8;1-2-4-5-3-1;;;/h4,6H,5H2,1-3H3;1-3H,4H2;;;/q2*-1;+4;2*-1. The van der Waals surface area contributed by atoms with Crippen LogP contribution in [0.2, 0.25) is 17.3 Å². The second-order valence-corrected chi connectivity index (χ2v) is 15.0. The molecule has 2 aliphatic rings. The van der Waals surface area contributed by atoms with Gasteiger partial charge in [-0.25, -0.2) is 12.2 Å². The summed E-state index contributed by atoms with van der Waals surface area (Å²) in [5.41, 5.74) is 0. The first-order chi connectivity index (χ1) is 6.61. The molecule has 2 heteroatoms. The maximum atomic E-state index is 3.39. The monoisotopic (exact) mass is 340 g/mol. The zero-order valence-electron chi connectivity index (χ0n) is 11.8. The minimum Gasteiger partial charge on any atom is -1.00 e. The summed E-state index contributed by atoms with van der Waals surface area (Å²) >= 11 is -1.46. The van der Waals surface area contributed by atoms with Gasteiger partial charge in [0.1, 0.15) is 0 Å². The fraction of sp³-hybridized carbons (Fsp3) is 0.385. The first-order valence-corrected chi connectivity index (χ1v) is 12.4. The topological polar surface area (TPSA) is 0 Å². The molecule has 0 nitrogen and oxygen atoms in total. The van der Waals surface area contributed by atoms with Crippen molar-refractivity contribution in [1.82, 2.24) is 0 Å². The molecule has 0 aromatic rings. The Kier molecular flexibility index (Phi) is 7.82. The molecule has 0 aliphatic heterocycles. The molecule has 15 heavy (non-hydrogen) atoms. The van der Waals surface area contributed by atoms with Crippen molar-refractivity contribution in [3.63, 3.8) is 0 Å². The van der Waals surface area contributed by atoms with Gasteiger partial charge in [0, 0.05) is 0 Å². The molecule has 0 aromatic heterocycles. The quantitative estimate of drug-likeness (QED) is 0.498. The molecule has 0 bridgehead atoms. The van der Waals surface area contributed by atoms with Crippen LogP contribution in [-0.4, -0.2) is 13.3 Å². The van der Waals surface area contributed by atoms with E-state index in [9.17, 15) is 0 Å². The Labute approximate surface area is 119 Å². The van der Waals surface area contributed by atoms with Gasteiger partial charge in [0.25, 0.3) is 0 Å². The van der Waals surface area contributed by atoms with Crippen LogP contribution in [0.1, 0.15) is 15.7 Å². The predicted molar refractivity (Wildman–Crippen MR) is 67.7 cm³/mol. The van der Waals surface area contributed by atoms with E-state index in [0.29, 0.717) is 0 Å². The van der Waals surface area contributed by atoms with Crippen molar-refractivity contribution in [2.45, 2.75) is 30.1 Å². The molecule has 0 amide bonds. The number of rotatable bonds is 1. The smallest absolute Gasteiger partial charge is 1.00 e. The van der Waals surface area contributed by atoms with Gasteiger partial charge in [-0.3, -0.25) is 6.08 Å². The van der Waals surface area contributed by atoms with E-state index in [4.69, 9.17) is 0 Å². The van der Waals surface area contributed by atoms with Crippen molar-refractivity contribution in [3.8, 4) is 0 Å². The van der Waals surface area contributed by atoms with E-state index in [1.54, 1.807) is 0 Å². The molecule has 2 aliphatic carbocycles. The van der Waals surface area contributed by atoms with Crippen LogP contribution in [0.4, 0.5) is 0 Å². The largest absolute Gasteiger partial charge is 4.00 e. The summed E-state index contributed by atoms with van der Waals surface area (Å²) in [6, 6.07) is 0. The molecule has 0 saturated carbocycles. The maximum Gasteiger partial charge on any atom is 4.00 e. The first-order valence-electron chi connectivity index (χ1n) is 5.10. The zero-order valence-corrected chi connectivity index (χ0v) is 14.4. The first kappa shape index (κ1) is 15.4. The van der Waals surface area contributed by atoms with Gasteiger partial charge in [0.05, 0.1) is 0 Å². The van der Waals surface area contributed by atoms with Crippen LogP contribution >= 0.6 is 0 Å². The molecule has 0 unspecified atom stereocenters. The van der Waals surface area contributed by atoms with Crippen molar-refractivity contribution >= 4 is 13.3 Å². The van der Waals surface area contributed by atoms with E-state index in [1.807, 2.05) is 12.2 Å². The number of hydrogen-bond donors (Lipinski definition) is 0. The van der Waals surface area contributed by atoms with Gasteiger partial charge in [0.15, 0.2) is 0 Å². The van der Waals surface area contributed by atoms with Crippen LogP contribution in [-0.2, 0) is 26.2 Å². The molecule has 80 valence electrons. The van der Waals surface area contributed by atoms with Crippen molar-refractivity contribution in [2.75, 3.05) is 0 Å². The second-order valence-electron chi connectivity index (χ2n) is 4.45. The van der Waals surface area contributed by atoms with Crippen LogP contribution in [0, 0.1) is 12.2 Å². The fourth-order valence-corrected chi connectivity index (χ4v) is 3.88. The van der Waals surface area contributed by atoms with Crippen LogP contribution in [0.25, 0.3) is 0 Å². The van der Waals surface area contributed by atoms with Gasteiger partial charge in [-0.15, -0.1) is 6.42 Å². The van der Waals surface area contributed by atoms with E-state index >= 15 is 0 Å². The minimum atomic E-state index is -1.46. The van der Waals surface area contributed by atoms with Gasteiger partial charge < -0.3 is 2.85 Å². The normalized spacial score (nSPS) is 16.9. The molecule has 0 heterocycles. The predicted octanol–water partition coefficient (Wildman–Crippen LogP) is 4.08. The van der Waals surface area contributed by atoms with Crippen molar-refractivity contribution in [1.29, 1.82) is 0 Å². The second kappa shape index (κ2) is 7.63. The Bertz CT molecular complexity index is 289. The summed E-state index contributed by atoms with van der Waals surface area (Å²) in [5.74, 6) is 7.20. The molecule has 0 saturated heterocycles. The summed E-state index contributed by atoms with van der Waals surface area (Å²) < 4.78 is 1.54. The Morgan fingerprint density at radius 2 is 1.93 bits per heavy atom. The van der Waals surface area contributed by atoms with Gasteiger partial charge >= 0.3 is 85.8 Å². The van der Waals surface area contributed by atoms with Crippen LogP contribution in [0.15, 0.2) is 34.8 Å². The number of hydrogen-bond acceptors (Lipinski definition) is 0. The Morgan fingerprint density at radius 1 is 1.20 bits per heavy atom. The molecule has 2 rings (SSSR count). The fourth-order valence-electron chi connectivity index (χ4n) is 1.26. The van der Waals surface area contributed by atoms with Crippen LogP contribution in [0.3, 0.4) is 0 Å².